The molecule has 1 fully saturated rings. The fraction of sp³-hybridized carbons (Fsp3) is 0.257. The van der Waals surface area contributed by atoms with Gasteiger partial charge in [0.1, 0.15) is 29.7 Å². The lowest BCUT2D eigenvalue weighted by Crippen LogP contribution is -2.55. The van der Waals surface area contributed by atoms with Crippen LogP contribution in [-0.2, 0) is 44.4 Å². The smallest absolute Gasteiger partial charge is 0.202 e. The van der Waals surface area contributed by atoms with Gasteiger partial charge in [0.25, 0.3) is 0 Å². The summed E-state index contributed by atoms with van der Waals surface area (Å²) in [5.74, 6) is 3.31. The Morgan fingerprint density at radius 2 is 1.47 bits per heavy atom. The van der Waals surface area contributed by atoms with Crippen LogP contribution in [0, 0.1) is 12.3 Å². The van der Waals surface area contributed by atoms with Crippen molar-refractivity contribution in [2.75, 3.05) is 12.3 Å². The summed E-state index contributed by atoms with van der Waals surface area (Å²) in [6, 6.07) is 33.6. The molecule has 8 nitrogen and oxygen atoms in total. The molecular weight excluding hydrogens is 540 g/mol. The van der Waals surface area contributed by atoms with Gasteiger partial charge < -0.3 is 24.7 Å². The van der Waals surface area contributed by atoms with E-state index in [9.17, 15) is 0 Å². The van der Waals surface area contributed by atoms with Gasteiger partial charge in [0, 0.05) is 0 Å². The summed E-state index contributed by atoms with van der Waals surface area (Å²) < 4.78 is 28.4. The van der Waals surface area contributed by atoms with E-state index in [1.54, 1.807) is 4.52 Å². The van der Waals surface area contributed by atoms with Crippen LogP contribution in [0.2, 0.25) is 0 Å². The number of nitrogens with two attached hydrogens (primary N) is 1. The number of fused-ring (bicyclic) bond motifs is 1. The van der Waals surface area contributed by atoms with Gasteiger partial charge in [-0.1, -0.05) is 96.9 Å². The van der Waals surface area contributed by atoms with Crippen molar-refractivity contribution in [3.05, 3.63) is 132 Å². The first-order chi connectivity index (χ1) is 21.0. The van der Waals surface area contributed by atoms with Crippen molar-refractivity contribution in [3.8, 4) is 12.3 Å². The zero-order chi connectivity index (χ0) is 29.7. The minimum atomic E-state index is -1.42. The lowest BCUT2D eigenvalue weighted by atomic mass is 9.79. The van der Waals surface area contributed by atoms with Crippen LogP contribution in [0.5, 0.6) is 0 Å². The van der Waals surface area contributed by atoms with Crippen molar-refractivity contribution in [1.29, 1.82) is 0 Å². The third kappa shape index (κ3) is 5.52. The summed E-state index contributed by atoms with van der Waals surface area (Å²) >= 11 is 0. The summed E-state index contributed by atoms with van der Waals surface area (Å²) in [6.07, 6.45) is 6.65. The van der Waals surface area contributed by atoms with E-state index < -0.39 is 23.4 Å². The van der Waals surface area contributed by atoms with Crippen molar-refractivity contribution in [2.24, 2.45) is 0 Å². The number of nitrogen functional groups attached to an aromatic ring is 1. The molecular formula is C35H34N4O4. The number of nitrogens with zero attached hydrogens (tertiary/aromatic N) is 3. The van der Waals surface area contributed by atoms with Crippen molar-refractivity contribution < 1.29 is 18.9 Å². The van der Waals surface area contributed by atoms with Gasteiger partial charge in [-0.3, -0.25) is 0 Å². The van der Waals surface area contributed by atoms with E-state index in [1.165, 1.54) is 6.33 Å². The van der Waals surface area contributed by atoms with Crippen LogP contribution in [0.25, 0.3) is 5.52 Å². The summed E-state index contributed by atoms with van der Waals surface area (Å²) in [7, 11) is 0. The zero-order valence-corrected chi connectivity index (χ0v) is 24.0. The molecule has 3 aromatic carbocycles. The fourth-order valence-corrected chi connectivity index (χ4v) is 5.75. The van der Waals surface area contributed by atoms with Crippen LogP contribution in [0.15, 0.2) is 109 Å². The number of terminal acetylenes is 1. The van der Waals surface area contributed by atoms with E-state index in [2.05, 4.69) is 16.0 Å². The van der Waals surface area contributed by atoms with Crippen LogP contribution < -0.4 is 5.73 Å². The molecule has 5 aromatic rings. The lowest BCUT2D eigenvalue weighted by molar-refractivity contribution is -0.167. The minimum absolute atomic E-state index is 0.225. The van der Waals surface area contributed by atoms with Gasteiger partial charge in [-0.15, -0.1) is 6.42 Å². The topological polar surface area (TPSA) is 93.1 Å². The Bertz CT molecular complexity index is 1690. The Morgan fingerprint density at radius 3 is 2.09 bits per heavy atom. The third-order valence-electron chi connectivity index (χ3n) is 8.00. The maximum atomic E-state index is 6.90. The molecule has 0 saturated carbocycles. The summed E-state index contributed by atoms with van der Waals surface area (Å²) in [5.41, 5.74) is 7.88. The average molecular weight is 575 g/mol. The highest BCUT2D eigenvalue weighted by atomic mass is 16.6. The van der Waals surface area contributed by atoms with Gasteiger partial charge in [0.15, 0.2) is 5.82 Å². The average Bonchev–Trinajstić information content (AvgIpc) is 3.59. The Hall–Kier alpha value is -4.52. The molecule has 3 heterocycles. The van der Waals surface area contributed by atoms with Gasteiger partial charge in [0.05, 0.1) is 32.1 Å². The van der Waals surface area contributed by atoms with E-state index in [0.717, 1.165) is 16.7 Å². The zero-order valence-electron chi connectivity index (χ0n) is 24.0. The molecule has 6 rings (SSSR count). The maximum absolute atomic E-state index is 6.90. The molecule has 2 N–H and O–H groups in total. The highest BCUT2D eigenvalue weighted by molar-refractivity contribution is 5.66. The van der Waals surface area contributed by atoms with Gasteiger partial charge in [0.2, 0.25) is 5.60 Å². The molecule has 1 aliphatic heterocycles. The second kappa shape index (κ2) is 12.4. The molecule has 0 aliphatic carbocycles. The van der Waals surface area contributed by atoms with Crippen molar-refractivity contribution in [1.82, 2.24) is 14.6 Å². The minimum Gasteiger partial charge on any atom is -0.382 e. The fourth-order valence-electron chi connectivity index (χ4n) is 5.75. The molecule has 0 amide bonds. The van der Waals surface area contributed by atoms with E-state index >= 15 is 0 Å². The monoisotopic (exact) mass is 574 g/mol. The van der Waals surface area contributed by atoms with Gasteiger partial charge in [-0.05, 0) is 35.7 Å². The van der Waals surface area contributed by atoms with Gasteiger partial charge in [-0.25, -0.2) is 9.50 Å². The predicted octanol–water partition coefficient (Wildman–Crippen LogP) is 5.32. The van der Waals surface area contributed by atoms with Crippen LogP contribution in [0.1, 0.15) is 29.3 Å². The Balaban J connectivity index is 1.41. The predicted molar refractivity (Wildman–Crippen MR) is 164 cm³/mol. The summed E-state index contributed by atoms with van der Waals surface area (Å²) in [6.45, 7) is 3.20. The van der Waals surface area contributed by atoms with Crippen molar-refractivity contribution in [3.63, 3.8) is 0 Å². The number of hydrogen-bond acceptors (Lipinski definition) is 7. The molecule has 0 bridgehead atoms. The summed E-state index contributed by atoms with van der Waals surface area (Å²) in [5, 5.41) is 4.49. The number of rotatable bonds is 11. The quantitative estimate of drug-likeness (QED) is 0.214. The molecule has 8 heteroatoms. The standard InChI is InChI=1S/C35H34N4O4/c1-3-35(31-20-19-29-33(36)37-25-38-39(29)31)34(2,42-23-28-17-11-6-12-18-28)32(41-22-27-15-9-5-10-16-27)30(43-35)24-40-21-26-13-7-4-8-14-26/h1,4-20,25,30,32H,21-24H2,2H3,(H2,36,37,38)/t30-,32-,34-,35+/m1/s1. The number of hydrogen-bond donors (Lipinski definition) is 1. The first-order valence-electron chi connectivity index (χ1n) is 14.2. The molecule has 2 aromatic heterocycles. The third-order valence-corrected chi connectivity index (χ3v) is 8.00. The van der Waals surface area contributed by atoms with Gasteiger partial charge >= 0.3 is 0 Å². The maximum Gasteiger partial charge on any atom is 0.202 e. The molecule has 0 unspecified atom stereocenters. The Labute approximate surface area is 251 Å². The van der Waals surface area contributed by atoms with Crippen LogP contribution in [0.3, 0.4) is 0 Å². The van der Waals surface area contributed by atoms with E-state index in [0.29, 0.717) is 30.2 Å². The first-order valence-corrected chi connectivity index (χ1v) is 14.2. The molecule has 4 atom stereocenters. The number of benzene rings is 3. The highest BCUT2D eigenvalue weighted by Crippen LogP contribution is 2.51. The van der Waals surface area contributed by atoms with Crippen LogP contribution >= 0.6 is 0 Å². The van der Waals surface area contributed by atoms with Crippen molar-refractivity contribution >= 4 is 11.3 Å². The molecule has 43 heavy (non-hydrogen) atoms. The molecule has 0 radical (unpaired) electrons. The molecule has 1 saturated heterocycles. The highest BCUT2D eigenvalue weighted by Gasteiger charge is 2.66. The number of ether oxygens (including phenoxy) is 4. The normalized spacial score (nSPS) is 23.3. The van der Waals surface area contributed by atoms with Crippen molar-refractivity contribution in [2.45, 2.75) is 50.2 Å². The largest absolute Gasteiger partial charge is 0.382 e. The molecule has 1 aliphatic rings. The summed E-state index contributed by atoms with van der Waals surface area (Å²) in [4.78, 5) is 4.15. The Morgan fingerprint density at radius 1 is 0.860 bits per heavy atom. The molecule has 218 valence electrons. The number of anilines is 1. The number of aromatic nitrogens is 3. The van der Waals surface area contributed by atoms with Crippen LogP contribution in [0.4, 0.5) is 5.82 Å². The van der Waals surface area contributed by atoms with Gasteiger partial charge in [-0.2, -0.15) is 5.10 Å². The lowest BCUT2D eigenvalue weighted by Gasteiger charge is -2.40. The Kier molecular flexibility index (Phi) is 8.23. The van der Waals surface area contributed by atoms with Crippen LogP contribution in [-0.4, -0.2) is 39.0 Å². The van der Waals surface area contributed by atoms with E-state index in [4.69, 9.17) is 31.1 Å². The molecule has 0 spiro atoms. The van der Waals surface area contributed by atoms with E-state index in [1.807, 2.05) is 110 Å². The first kappa shape index (κ1) is 28.6. The second-order valence-electron chi connectivity index (χ2n) is 10.7. The van der Waals surface area contributed by atoms with E-state index in [-0.39, 0.29) is 13.2 Å². The second-order valence-corrected chi connectivity index (χ2v) is 10.7. The SMILES string of the molecule is C#C[C@@]1(c2ccc3c(N)ncnn23)O[C@H](COCc2ccccc2)[C@@H](OCc2ccccc2)[C@@]1(C)OCc1ccccc1.